The standard InChI is InChI=1S/C14HF12N3/c15-7-3(2-27)8(16)10(18)6(9(7)17)4-1-5(12(19,20)14(24,25)26)29-11(28-4)13(21,22)23/h1H. The number of alkyl halides is 8. The minimum atomic E-state index is -6.49. The van der Waals surface area contributed by atoms with Crippen molar-refractivity contribution in [2.45, 2.75) is 18.3 Å². The van der Waals surface area contributed by atoms with Crippen molar-refractivity contribution in [2.24, 2.45) is 0 Å². The number of hydrogen-bond acceptors (Lipinski definition) is 3. The van der Waals surface area contributed by atoms with E-state index in [1.807, 2.05) is 4.98 Å². The summed E-state index contributed by atoms with van der Waals surface area (Å²) >= 11 is 0. The number of nitrogens with zero attached hydrogens (tertiary/aromatic N) is 3. The van der Waals surface area contributed by atoms with Crippen LogP contribution in [-0.4, -0.2) is 16.1 Å². The molecule has 0 atom stereocenters. The molecule has 156 valence electrons. The Hall–Kier alpha value is -3.05. The first kappa shape index (κ1) is 22.2. The molecule has 0 aliphatic rings. The number of rotatable bonds is 2. The highest BCUT2D eigenvalue weighted by Crippen LogP contribution is 2.45. The summed E-state index contributed by atoms with van der Waals surface area (Å²) < 4.78 is 158. The molecule has 0 saturated heterocycles. The molecule has 0 radical (unpaired) electrons. The fourth-order valence-electron chi connectivity index (χ4n) is 1.96. The molecule has 0 saturated carbocycles. The second kappa shape index (κ2) is 6.78. The molecular weight excluding hydrogens is 438 g/mol. The number of halogens is 12. The van der Waals surface area contributed by atoms with Crippen LogP contribution in [0.4, 0.5) is 52.7 Å². The van der Waals surface area contributed by atoms with Gasteiger partial charge in [-0.3, -0.25) is 0 Å². The lowest BCUT2D eigenvalue weighted by Crippen LogP contribution is -2.35. The van der Waals surface area contributed by atoms with Crippen molar-refractivity contribution in [3.63, 3.8) is 0 Å². The molecule has 0 aliphatic carbocycles. The monoisotopic (exact) mass is 439 g/mol. The van der Waals surface area contributed by atoms with Gasteiger partial charge in [0.1, 0.15) is 17.3 Å². The molecule has 2 rings (SSSR count). The minimum absolute atomic E-state index is 0.616. The quantitative estimate of drug-likeness (QED) is 0.475. The van der Waals surface area contributed by atoms with Gasteiger partial charge in [-0.05, 0) is 6.07 Å². The Bertz CT molecular complexity index is 987. The largest absolute Gasteiger partial charge is 0.459 e. The molecule has 2 aromatic rings. The lowest BCUT2D eigenvalue weighted by atomic mass is 10.0. The van der Waals surface area contributed by atoms with E-state index in [2.05, 4.69) is 4.98 Å². The predicted octanol–water partition coefficient (Wildman–Crippen LogP) is 5.24. The van der Waals surface area contributed by atoms with Gasteiger partial charge < -0.3 is 0 Å². The summed E-state index contributed by atoms with van der Waals surface area (Å²) in [7, 11) is 0. The topological polar surface area (TPSA) is 49.6 Å². The molecule has 0 fully saturated rings. The Morgan fingerprint density at radius 3 is 1.62 bits per heavy atom. The third kappa shape index (κ3) is 3.66. The van der Waals surface area contributed by atoms with Gasteiger partial charge >= 0.3 is 18.3 Å². The van der Waals surface area contributed by atoms with Crippen molar-refractivity contribution in [1.82, 2.24) is 9.97 Å². The van der Waals surface area contributed by atoms with Gasteiger partial charge in [-0.25, -0.2) is 27.5 Å². The highest BCUT2D eigenvalue weighted by Gasteiger charge is 2.60. The molecule has 1 aromatic carbocycles. The van der Waals surface area contributed by atoms with E-state index in [9.17, 15) is 52.7 Å². The third-order valence-corrected chi connectivity index (χ3v) is 3.29. The van der Waals surface area contributed by atoms with Crippen LogP contribution in [0.2, 0.25) is 0 Å². The minimum Gasteiger partial charge on any atom is -0.224 e. The van der Waals surface area contributed by atoms with Gasteiger partial charge in [-0.15, -0.1) is 0 Å². The zero-order valence-electron chi connectivity index (χ0n) is 13.0. The van der Waals surface area contributed by atoms with E-state index >= 15 is 0 Å². The molecular formula is C14HF12N3. The van der Waals surface area contributed by atoms with Crippen molar-refractivity contribution in [3.8, 4) is 17.3 Å². The van der Waals surface area contributed by atoms with E-state index in [-0.39, 0.29) is 0 Å². The van der Waals surface area contributed by atoms with Crippen LogP contribution in [0.1, 0.15) is 17.1 Å². The van der Waals surface area contributed by atoms with Gasteiger partial charge in [-0.2, -0.15) is 40.4 Å². The molecule has 1 aromatic heterocycles. The second-order valence-corrected chi connectivity index (χ2v) is 5.15. The molecule has 0 aliphatic heterocycles. The van der Waals surface area contributed by atoms with Gasteiger partial charge in [0, 0.05) is 0 Å². The van der Waals surface area contributed by atoms with E-state index in [0.717, 1.165) is 0 Å². The van der Waals surface area contributed by atoms with Crippen LogP contribution in [0.3, 0.4) is 0 Å². The van der Waals surface area contributed by atoms with E-state index in [0.29, 0.717) is 6.07 Å². The molecule has 15 heteroatoms. The van der Waals surface area contributed by atoms with E-state index in [1.165, 1.54) is 0 Å². The highest BCUT2D eigenvalue weighted by atomic mass is 19.4. The Morgan fingerprint density at radius 2 is 1.24 bits per heavy atom. The molecule has 1 heterocycles. The summed E-state index contributed by atoms with van der Waals surface area (Å²) in [4.78, 5) is 4.41. The molecule has 3 nitrogen and oxygen atoms in total. The lowest BCUT2D eigenvalue weighted by molar-refractivity contribution is -0.291. The van der Waals surface area contributed by atoms with Crippen LogP contribution >= 0.6 is 0 Å². The Kier molecular flexibility index (Phi) is 5.20. The van der Waals surface area contributed by atoms with E-state index < -0.39 is 75.9 Å². The summed E-state index contributed by atoms with van der Waals surface area (Å²) in [6, 6.07) is 0.0876. The summed E-state index contributed by atoms with van der Waals surface area (Å²) in [6.45, 7) is 0. The fourth-order valence-corrected chi connectivity index (χ4v) is 1.96. The van der Waals surface area contributed by atoms with Crippen LogP contribution in [0, 0.1) is 34.6 Å². The molecule has 0 spiro atoms. The number of hydrogen-bond donors (Lipinski definition) is 0. The maximum absolute atomic E-state index is 14.0. The molecule has 0 unspecified atom stereocenters. The highest BCUT2D eigenvalue weighted by molar-refractivity contribution is 5.63. The molecule has 29 heavy (non-hydrogen) atoms. The fraction of sp³-hybridized carbons (Fsp3) is 0.214. The van der Waals surface area contributed by atoms with Crippen molar-refractivity contribution < 1.29 is 52.7 Å². The summed E-state index contributed by atoms with van der Waals surface area (Å²) in [5, 5.41) is 8.44. The first-order valence-electron chi connectivity index (χ1n) is 6.71. The van der Waals surface area contributed by atoms with Gasteiger partial charge in [0.15, 0.2) is 23.3 Å². The predicted molar refractivity (Wildman–Crippen MR) is 67.0 cm³/mol. The van der Waals surface area contributed by atoms with Gasteiger partial charge in [0.25, 0.3) is 0 Å². The summed E-state index contributed by atoms with van der Waals surface area (Å²) in [6.07, 6.45) is -12.3. The van der Waals surface area contributed by atoms with Gasteiger partial charge in [-0.1, -0.05) is 0 Å². The van der Waals surface area contributed by atoms with Crippen LogP contribution < -0.4 is 0 Å². The SMILES string of the molecule is N#Cc1c(F)c(F)c(-c2cc(C(F)(F)C(F)(F)F)nc(C(F)(F)F)n2)c(F)c1F. The Labute approximate surface area is 151 Å². The van der Waals surface area contributed by atoms with Crippen LogP contribution in [0.25, 0.3) is 11.3 Å². The van der Waals surface area contributed by atoms with Gasteiger partial charge in [0.2, 0.25) is 5.82 Å². The molecule has 0 N–H and O–H groups in total. The first-order valence-corrected chi connectivity index (χ1v) is 6.71. The normalized spacial score (nSPS) is 12.8. The maximum Gasteiger partial charge on any atom is 0.459 e. The first-order chi connectivity index (χ1) is 13.0. The van der Waals surface area contributed by atoms with Crippen molar-refractivity contribution in [2.75, 3.05) is 0 Å². The average molecular weight is 439 g/mol. The Balaban J connectivity index is 2.96. The smallest absolute Gasteiger partial charge is 0.224 e. The molecule has 0 amide bonds. The summed E-state index contributed by atoms with van der Waals surface area (Å²) in [5.41, 5.74) is -8.66. The van der Waals surface area contributed by atoms with Crippen LogP contribution in [0.5, 0.6) is 0 Å². The molecule has 0 bridgehead atoms. The maximum atomic E-state index is 14.0. The number of benzene rings is 1. The van der Waals surface area contributed by atoms with Crippen molar-refractivity contribution in [1.29, 1.82) is 5.26 Å². The Morgan fingerprint density at radius 1 is 0.759 bits per heavy atom. The average Bonchev–Trinajstić information content (AvgIpc) is 2.59. The third-order valence-electron chi connectivity index (χ3n) is 3.29. The zero-order chi connectivity index (χ0) is 22.5. The van der Waals surface area contributed by atoms with Gasteiger partial charge in [0.05, 0.1) is 11.3 Å². The van der Waals surface area contributed by atoms with Crippen molar-refractivity contribution in [3.05, 3.63) is 46.4 Å². The summed E-state index contributed by atoms with van der Waals surface area (Å²) in [5.74, 6) is -18.7. The van der Waals surface area contributed by atoms with Crippen molar-refractivity contribution >= 4 is 0 Å². The lowest BCUT2D eigenvalue weighted by Gasteiger charge is -2.20. The van der Waals surface area contributed by atoms with Crippen LogP contribution in [0.15, 0.2) is 6.07 Å². The van der Waals surface area contributed by atoms with E-state index in [4.69, 9.17) is 5.26 Å². The van der Waals surface area contributed by atoms with Crippen LogP contribution in [-0.2, 0) is 12.1 Å². The second-order valence-electron chi connectivity index (χ2n) is 5.15. The van der Waals surface area contributed by atoms with E-state index in [1.54, 1.807) is 0 Å². The zero-order valence-corrected chi connectivity index (χ0v) is 13.0. The number of nitriles is 1. The number of aromatic nitrogens is 2.